The molecular formula is C12H22ClNO. The van der Waals surface area contributed by atoms with Crippen LogP contribution in [0.3, 0.4) is 0 Å². The van der Waals surface area contributed by atoms with Crippen molar-refractivity contribution in [2.75, 3.05) is 12.4 Å². The maximum atomic E-state index is 11.9. The monoisotopic (exact) mass is 231 g/mol. The van der Waals surface area contributed by atoms with Crippen LogP contribution in [0, 0.1) is 0 Å². The first kappa shape index (κ1) is 12.8. The van der Waals surface area contributed by atoms with Crippen molar-refractivity contribution >= 4 is 17.5 Å². The third kappa shape index (κ3) is 4.02. The summed E-state index contributed by atoms with van der Waals surface area (Å²) in [6.07, 6.45) is 7.72. The molecule has 0 unspecified atom stereocenters. The topological polar surface area (TPSA) is 20.3 Å². The molecule has 0 spiro atoms. The lowest BCUT2D eigenvalue weighted by atomic mass is 9.94. The highest BCUT2D eigenvalue weighted by molar-refractivity contribution is 6.17. The quantitative estimate of drug-likeness (QED) is 0.666. The normalized spacial score (nSPS) is 17.7. The molecule has 0 aromatic heterocycles. The fourth-order valence-corrected chi connectivity index (χ4v) is 2.53. The highest BCUT2D eigenvalue weighted by Crippen LogP contribution is 2.23. The van der Waals surface area contributed by atoms with Crippen LogP contribution < -0.4 is 0 Å². The lowest BCUT2D eigenvalue weighted by molar-refractivity contribution is -0.133. The number of hydrogen-bond acceptors (Lipinski definition) is 1. The van der Waals surface area contributed by atoms with E-state index < -0.39 is 0 Å². The Morgan fingerprint density at radius 2 is 2.00 bits per heavy atom. The molecule has 15 heavy (non-hydrogen) atoms. The number of amides is 1. The Bertz CT molecular complexity index is 190. The number of nitrogens with zero attached hydrogens (tertiary/aromatic N) is 1. The van der Waals surface area contributed by atoms with Crippen molar-refractivity contribution in [2.24, 2.45) is 0 Å². The molecule has 0 saturated heterocycles. The molecule has 1 aliphatic rings. The smallest absolute Gasteiger partial charge is 0.222 e. The number of hydrogen-bond donors (Lipinski definition) is 0. The average molecular weight is 232 g/mol. The molecule has 0 heterocycles. The zero-order chi connectivity index (χ0) is 11.1. The maximum Gasteiger partial charge on any atom is 0.222 e. The number of alkyl halides is 1. The van der Waals surface area contributed by atoms with E-state index >= 15 is 0 Å². The van der Waals surface area contributed by atoms with Gasteiger partial charge in [-0.1, -0.05) is 19.3 Å². The summed E-state index contributed by atoms with van der Waals surface area (Å²) < 4.78 is 0. The van der Waals surface area contributed by atoms with Gasteiger partial charge in [0, 0.05) is 24.9 Å². The van der Waals surface area contributed by atoms with Gasteiger partial charge in [-0.25, -0.2) is 0 Å². The Morgan fingerprint density at radius 3 is 2.53 bits per heavy atom. The Hall–Kier alpha value is -0.240. The van der Waals surface area contributed by atoms with Crippen molar-refractivity contribution in [3.63, 3.8) is 0 Å². The third-order valence-corrected chi connectivity index (χ3v) is 3.47. The summed E-state index contributed by atoms with van der Waals surface area (Å²) in [6.45, 7) is 2.93. The van der Waals surface area contributed by atoms with Crippen LogP contribution in [0.2, 0.25) is 0 Å². The van der Waals surface area contributed by atoms with E-state index in [9.17, 15) is 4.79 Å². The van der Waals surface area contributed by atoms with Gasteiger partial charge in [-0.15, -0.1) is 11.6 Å². The van der Waals surface area contributed by atoms with E-state index in [1.807, 2.05) is 0 Å². The number of halogens is 1. The standard InChI is InChI=1S/C12H22ClNO/c1-2-14(12(15)9-6-10-13)11-7-4-3-5-8-11/h11H,2-10H2,1H3. The summed E-state index contributed by atoms with van der Waals surface area (Å²) in [6, 6.07) is 0.506. The van der Waals surface area contributed by atoms with Crippen molar-refractivity contribution < 1.29 is 4.79 Å². The first-order chi connectivity index (χ1) is 7.29. The van der Waals surface area contributed by atoms with Crippen LogP contribution in [0.15, 0.2) is 0 Å². The Kier molecular flexibility index (Phi) is 6.07. The van der Waals surface area contributed by atoms with Gasteiger partial charge in [-0.3, -0.25) is 4.79 Å². The second kappa shape index (κ2) is 7.10. The molecule has 1 amide bonds. The van der Waals surface area contributed by atoms with E-state index in [0.29, 0.717) is 24.2 Å². The Balaban J connectivity index is 2.41. The van der Waals surface area contributed by atoms with E-state index in [1.165, 1.54) is 32.1 Å². The minimum Gasteiger partial charge on any atom is -0.340 e. The van der Waals surface area contributed by atoms with Crippen LogP contribution in [0.25, 0.3) is 0 Å². The third-order valence-electron chi connectivity index (χ3n) is 3.20. The molecule has 2 nitrogen and oxygen atoms in total. The zero-order valence-corrected chi connectivity index (χ0v) is 10.4. The van der Waals surface area contributed by atoms with Crippen molar-refractivity contribution in [1.29, 1.82) is 0 Å². The van der Waals surface area contributed by atoms with Crippen molar-refractivity contribution in [3.05, 3.63) is 0 Å². The zero-order valence-electron chi connectivity index (χ0n) is 9.67. The van der Waals surface area contributed by atoms with E-state index in [2.05, 4.69) is 11.8 Å². The SMILES string of the molecule is CCN(C(=O)CCCCl)C1CCCCC1. The molecule has 1 aliphatic carbocycles. The van der Waals surface area contributed by atoms with Crippen LogP contribution in [0.1, 0.15) is 51.9 Å². The second-order valence-electron chi connectivity index (χ2n) is 4.26. The Labute approximate surface area is 98.0 Å². The van der Waals surface area contributed by atoms with Gasteiger partial charge in [0.25, 0.3) is 0 Å². The molecule has 0 N–H and O–H groups in total. The first-order valence-electron chi connectivity index (χ1n) is 6.15. The lowest BCUT2D eigenvalue weighted by Crippen LogP contribution is -2.41. The van der Waals surface area contributed by atoms with Gasteiger partial charge in [0.1, 0.15) is 0 Å². The van der Waals surface area contributed by atoms with Gasteiger partial charge >= 0.3 is 0 Å². The van der Waals surface area contributed by atoms with E-state index in [4.69, 9.17) is 11.6 Å². The van der Waals surface area contributed by atoms with E-state index in [0.717, 1.165) is 13.0 Å². The molecule has 0 aromatic carbocycles. The van der Waals surface area contributed by atoms with Gasteiger partial charge in [0.15, 0.2) is 0 Å². The predicted octanol–water partition coefficient (Wildman–Crippen LogP) is 3.19. The van der Waals surface area contributed by atoms with Crippen LogP contribution in [0.4, 0.5) is 0 Å². The molecule has 0 atom stereocenters. The molecule has 0 aromatic rings. The summed E-state index contributed by atoms with van der Waals surface area (Å²) in [5.74, 6) is 0.888. The average Bonchev–Trinajstić information content (AvgIpc) is 2.29. The molecule has 3 heteroatoms. The van der Waals surface area contributed by atoms with Gasteiger partial charge < -0.3 is 4.90 Å². The lowest BCUT2D eigenvalue weighted by Gasteiger charge is -2.33. The number of rotatable bonds is 5. The summed E-state index contributed by atoms with van der Waals surface area (Å²) in [4.78, 5) is 14.0. The minimum atomic E-state index is 0.296. The highest BCUT2D eigenvalue weighted by atomic mass is 35.5. The van der Waals surface area contributed by atoms with Crippen molar-refractivity contribution in [3.8, 4) is 0 Å². The molecule has 1 fully saturated rings. The molecule has 0 aliphatic heterocycles. The summed E-state index contributed by atoms with van der Waals surface area (Å²) >= 11 is 5.61. The van der Waals surface area contributed by atoms with Crippen LogP contribution >= 0.6 is 11.6 Å². The summed E-state index contributed by atoms with van der Waals surface area (Å²) in [7, 11) is 0. The molecular weight excluding hydrogens is 210 g/mol. The first-order valence-corrected chi connectivity index (χ1v) is 6.68. The number of carbonyl (C=O) groups excluding carboxylic acids is 1. The Morgan fingerprint density at radius 1 is 1.33 bits per heavy atom. The molecule has 1 rings (SSSR count). The van der Waals surface area contributed by atoms with Crippen LogP contribution in [-0.4, -0.2) is 29.3 Å². The summed E-state index contributed by atoms with van der Waals surface area (Å²) in [5.41, 5.74) is 0. The van der Waals surface area contributed by atoms with Gasteiger partial charge in [0.05, 0.1) is 0 Å². The fourth-order valence-electron chi connectivity index (χ4n) is 2.39. The fraction of sp³-hybridized carbons (Fsp3) is 0.917. The number of carbonyl (C=O) groups is 1. The minimum absolute atomic E-state index is 0.296. The molecule has 0 bridgehead atoms. The molecule has 88 valence electrons. The highest BCUT2D eigenvalue weighted by Gasteiger charge is 2.23. The maximum absolute atomic E-state index is 11.9. The second-order valence-corrected chi connectivity index (χ2v) is 4.64. The van der Waals surface area contributed by atoms with E-state index in [1.54, 1.807) is 0 Å². The van der Waals surface area contributed by atoms with Crippen molar-refractivity contribution in [1.82, 2.24) is 4.90 Å². The van der Waals surface area contributed by atoms with Crippen LogP contribution in [-0.2, 0) is 4.79 Å². The largest absolute Gasteiger partial charge is 0.340 e. The molecule has 1 saturated carbocycles. The molecule has 0 radical (unpaired) electrons. The van der Waals surface area contributed by atoms with E-state index in [-0.39, 0.29) is 0 Å². The van der Waals surface area contributed by atoms with Gasteiger partial charge in [0.2, 0.25) is 5.91 Å². The van der Waals surface area contributed by atoms with Gasteiger partial charge in [-0.2, -0.15) is 0 Å². The predicted molar refractivity (Wildman–Crippen MR) is 64.2 cm³/mol. The van der Waals surface area contributed by atoms with Crippen LogP contribution in [0.5, 0.6) is 0 Å². The summed E-state index contributed by atoms with van der Waals surface area (Å²) in [5, 5.41) is 0. The van der Waals surface area contributed by atoms with Gasteiger partial charge in [-0.05, 0) is 26.2 Å². The van der Waals surface area contributed by atoms with Crippen molar-refractivity contribution in [2.45, 2.75) is 57.9 Å².